The molecule has 1 aromatic carbocycles. The molecule has 0 radical (unpaired) electrons. The number of hydrogen-bond donors (Lipinski definition) is 1. The molecule has 2 rings (SSSR count). The Morgan fingerprint density at radius 1 is 1.16 bits per heavy atom. The molecule has 1 aromatic heterocycles. The molecule has 0 amide bonds. The van der Waals surface area contributed by atoms with Crippen LogP contribution < -0.4 is 10.5 Å². The number of rotatable bonds is 4. The normalized spacial score (nSPS) is 12.5. The third-order valence-corrected chi connectivity index (χ3v) is 3.34. The maximum atomic E-state index is 6.29. The summed E-state index contributed by atoms with van der Waals surface area (Å²) in [5.74, 6) is 0.758. The van der Waals surface area contributed by atoms with Crippen molar-refractivity contribution in [3.8, 4) is 5.75 Å². The van der Waals surface area contributed by atoms with Crippen LogP contribution in [-0.2, 0) is 0 Å². The largest absolute Gasteiger partial charge is 0.489 e. The summed E-state index contributed by atoms with van der Waals surface area (Å²) in [4.78, 5) is 4.20. The van der Waals surface area contributed by atoms with Gasteiger partial charge < -0.3 is 10.5 Å². The predicted molar refractivity (Wildman–Crippen MR) is 85.2 cm³/mol. The maximum absolute atomic E-state index is 6.29. The highest BCUT2D eigenvalue weighted by atomic mass is 127. The Morgan fingerprint density at radius 2 is 1.95 bits per heavy atom. The van der Waals surface area contributed by atoms with Gasteiger partial charge in [-0.25, -0.2) is 0 Å². The first kappa shape index (κ1) is 14.3. The minimum absolute atomic E-state index is 0.131. The van der Waals surface area contributed by atoms with Gasteiger partial charge in [-0.05, 0) is 65.8 Å². The van der Waals surface area contributed by atoms with Gasteiger partial charge >= 0.3 is 0 Å². The number of benzene rings is 1. The Hall–Kier alpha value is -1.14. The van der Waals surface area contributed by atoms with Gasteiger partial charge in [-0.3, -0.25) is 4.98 Å². The van der Waals surface area contributed by atoms with E-state index in [0.29, 0.717) is 0 Å². The van der Waals surface area contributed by atoms with Crippen LogP contribution in [0.4, 0.5) is 0 Å². The van der Waals surface area contributed by atoms with E-state index >= 15 is 0 Å². The Balaban J connectivity index is 2.26. The van der Waals surface area contributed by atoms with Gasteiger partial charge in [0.25, 0.3) is 0 Å². The minimum atomic E-state index is -0.182. The lowest BCUT2D eigenvalue weighted by atomic mass is 10.0. The Kier molecular flexibility index (Phi) is 4.76. The van der Waals surface area contributed by atoms with E-state index in [1.54, 1.807) is 12.4 Å². The molecule has 1 atom stereocenters. The van der Waals surface area contributed by atoms with Crippen molar-refractivity contribution in [1.29, 1.82) is 0 Å². The van der Waals surface area contributed by atoms with E-state index in [1.807, 2.05) is 38.1 Å². The van der Waals surface area contributed by atoms with Crippen molar-refractivity contribution in [2.75, 3.05) is 0 Å². The summed E-state index contributed by atoms with van der Waals surface area (Å²) in [5, 5.41) is 0. The van der Waals surface area contributed by atoms with Crippen LogP contribution in [-0.4, -0.2) is 11.1 Å². The molecule has 3 nitrogen and oxygen atoms in total. The van der Waals surface area contributed by atoms with E-state index in [4.69, 9.17) is 10.5 Å². The highest BCUT2D eigenvalue weighted by molar-refractivity contribution is 14.1. The Bertz CT molecular complexity index is 557. The molecule has 0 saturated heterocycles. The SMILES string of the molecule is CC(C)Oc1cncc(C(N)c2cccc(I)c2)c1. The lowest BCUT2D eigenvalue weighted by molar-refractivity contribution is 0.241. The van der Waals surface area contributed by atoms with Crippen molar-refractivity contribution < 1.29 is 4.74 Å². The monoisotopic (exact) mass is 368 g/mol. The number of nitrogens with zero attached hydrogens (tertiary/aromatic N) is 1. The zero-order valence-corrected chi connectivity index (χ0v) is 13.2. The molecule has 1 unspecified atom stereocenters. The van der Waals surface area contributed by atoms with Gasteiger partial charge in [-0.15, -0.1) is 0 Å². The van der Waals surface area contributed by atoms with Crippen LogP contribution in [0.2, 0.25) is 0 Å². The Morgan fingerprint density at radius 3 is 2.63 bits per heavy atom. The number of ether oxygens (including phenoxy) is 1. The second-order valence-electron chi connectivity index (χ2n) is 4.65. The number of aromatic nitrogens is 1. The first-order valence-electron chi connectivity index (χ1n) is 6.19. The molecule has 0 fully saturated rings. The molecular formula is C15H17IN2O. The molecule has 0 aliphatic rings. The van der Waals surface area contributed by atoms with Gasteiger partial charge in [0, 0.05) is 9.77 Å². The second-order valence-corrected chi connectivity index (χ2v) is 5.90. The number of nitrogens with two attached hydrogens (primary N) is 1. The van der Waals surface area contributed by atoms with Crippen LogP contribution in [0, 0.1) is 3.57 Å². The summed E-state index contributed by atoms with van der Waals surface area (Å²) in [5.41, 5.74) is 8.32. The van der Waals surface area contributed by atoms with Crippen molar-refractivity contribution >= 4 is 22.6 Å². The van der Waals surface area contributed by atoms with E-state index in [-0.39, 0.29) is 12.1 Å². The van der Waals surface area contributed by atoms with Crippen LogP contribution in [0.5, 0.6) is 5.75 Å². The van der Waals surface area contributed by atoms with Crippen molar-refractivity contribution in [2.45, 2.75) is 26.0 Å². The lowest BCUT2D eigenvalue weighted by Gasteiger charge is -2.15. The standard InChI is InChI=1S/C15H17IN2O/c1-10(2)19-14-7-12(8-18-9-14)15(17)11-4-3-5-13(16)6-11/h3-10,15H,17H2,1-2H3. The van der Waals surface area contributed by atoms with Gasteiger partial charge in [-0.1, -0.05) is 12.1 Å². The molecule has 2 N–H and O–H groups in total. The van der Waals surface area contributed by atoms with Crippen molar-refractivity contribution in [1.82, 2.24) is 4.98 Å². The molecule has 1 heterocycles. The smallest absolute Gasteiger partial charge is 0.138 e. The minimum Gasteiger partial charge on any atom is -0.489 e. The summed E-state index contributed by atoms with van der Waals surface area (Å²) in [6.07, 6.45) is 3.63. The highest BCUT2D eigenvalue weighted by Gasteiger charge is 2.11. The van der Waals surface area contributed by atoms with E-state index < -0.39 is 0 Å². The molecule has 19 heavy (non-hydrogen) atoms. The molecule has 2 aromatic rings. The van der Waals surface area contributed by atoms with Gasteiger partial charge in [0.2, 0.25) is 0 Å². The molecule has 0 bridgehead atoms. The van der Waals surface area contributed by atoms with E-state index in [0.717, 1.165) is 16.9 Å². The fourth-order valence-electron chi connectivity index (χ4n) is 1.83. The third-order valence-electron chi connectivity index (χ3n) is 2.67. The molecule has 0 spiro atoms. The van der Waals surface area contributed by atoms with Crippen LogP contribution in [0.1, 0.15) is 31.0 Å². The average Bonchev–Trinajstić information content (AvgIpc) is 2.37. The lowest BCUT2D eigenvalue weighted by Crippen LogP contribution is -2.13. The summed E-state index contributed by atoms with van der Waals surface area (Å²) in [7, 11) is 0. The van der Waals surface area contributed by atoms with Crippen molar-refractivity contribution in [3.05, 3.63) is 57.4 Å². The molecule has 100 valence electrons. The van der Waals surface area contributed by atoms with Gasteiger partial charge in [0.1, 0.15) is 5.75 Å². The molecule has 0 aliphatic heterocycles. The molecule has 0 saturated carbocycles. The van der Waals surface area contributed by atoms with Gasteiger partial charge in [0.15, 0.2) is 0 Å². The summed E-state index contributed by atoms with van der Waals surface area (Å²) in [6.45, 7) is 3.98. The summed E-state index contributed by atoms with van der Waals surface area (Å²) >= 11 is 2.28. The quantitative estimate of drug-likeness (QED) is 0.841. The predicted octanol–water partition coefficient (Wildman–Crippen LogP) is 3.52. The Labute approximate surface area is 127 Å². The number of pyridine rings is 1. The van der Waals surface area contributed by atoms with Crippen LogP contribution in [0.3, 0.4) is 0 Å². The zero-order chi connectivity index (χ0) is 13.8. The van der Waals surface area contributed by atoms with Crippen LogP contribution >= 0.6 is 22.6 Å². The third kappa shape index (κ3) is 3.91. The first-order chi connectivity index (χ1) is 9.06. The second kappa shape index (κ2) is 6.34. The molecule has 0 aliphatic carbocycles. The fourth-order valence-corrected chi connectivity index (χ4v) is 2.40. The van der Waals surface area contributed by atoms with E-state index in [2.05, 4.69) is 33.6 Å². The number of hydrogen-bond acceptors (Lipinski definition) is 3. The van der Waals surface area contributed by atoms with Crippen LogP contribution in [0.25, 0.3) is 0 Å². The van der Waals surface area contributed by atoms with E-state index in [9.17, 15) is 0 Å². The van der Waals surface area contributed by atoms with E-state index in [1.165, 1.54) is 3.57 Å². The molecule has 4 heteroatoms. The highest BCUT2D eigenvalue weighted by Crippen LogP contribution is 2.23. The van der Waals surface area contributed by atoms with Crippen LogP contribution in [0.15, 0.2) is 42.7 Å². The van der Waals surface area contributed by atoms with Crippen molar-refractivity contribution in [3.63, 3.8) is 0 Å². The number of halogens is 1. The summed E-state index contributed by atoms with van der Waals surface area (Å²) in [6, 6.07) is 9.95. The van der Waals surface area contributed by atoms with Gasteiger partial charge in [-0.2, -0.15) is 0 Å². The van der Waals surface area contributed by atoms with Crippen molar-refractivity contribution in [2.24, 2.45) is 5.73 Å². The first-order valence-corrected chi connectivity index (χ1v) is 7.27. The van der Waals surface area contributed by atoms with Gasteiger partial charge in [0.05, 0.1) is 18.3 Å². The maximum Gasteiger partial charge on any atom is 0.138 e. The topological polar surface area (TPSA) is 48.1 Å². The summed E-state index contributed by atoms with van der Waals surface area (Å²) < 4.78 is 6.82. The molecular weight excluding hydrogens is 351 g/mol. The fraction of sp³-hybridized carbons (Fsp3) is 0.267. The average molecular weight is 368 g/mol. The zero-order valence-electron chi connectivity index (χ0n) is 11.0.